The highest BCUT2D eigenvalue weighted by atomic mass is 16.5. The van der Waals surface area contributed by atoms with Crippen LogP contribution in [0.15, 0.2) is 42.5 Å². The highest BCUT2D eigenvalue weighted by Gasteiger charge is 2.14. The number of allylic oxidation sites excluding steroid dienone is 2. The fourth-order valence-corrected chi connectivity index (χ4v) is 2.38. The molecular formula is C16H22O2. The number of rotatable bonds is 6. The quantitative estimate of drug-likeness (QED) is 0.780. The Kier molecular flexibility index (Phi) is 5.43. The van der Waals surface area contributed by atoms with Gasteiger partial charge in [-0.15, -0.1) is 0 Å². The molecule has 1 aliphatic rings. The van der Waals surface area contributed by atoms with E-state index in [0.717, 1.165) is 12.0 Å². The summed E-state index contributed by atoms with van der Waals surface area (Å²) in [6.07, 6.45) is 8.59. The molecule has 2 nitrogen and oxygen atoms in total. The second kappa shape index (κ2) is 7.34. The molecule has 18 heavy (non-hydrogen) atoms. The van der Waals surface area contributed by atoms with Crippen molar-refractivity contribution in [3.05, 3.63) is 48.0 Å². The van der Waals surface area contributed by atoms with Crippen molar-refractivity contribution in [3.8, 4) is 0 Å². The molecule has 0 amide bonds. The molecule has 0 aromatic heterocycles. The van der Waals surface area contributed by atoms with Crippen molar-refractivity contribution in [1.29, 1.82) is 0 Å². The van der Waals surface area contributed by atoms with Crippen LogP contribution in [-0.2, 0) is 11.3 Å². The van der Waals surface area contributed by atoms with Crippen molar-refractivity contribution in [2.24, 2.45) is 5.92 Å². The van der Waals surface area contributed by atoms with Gasteiger partial charge in [-0.3, -0.25) is 0 Å². The summed E-state index contributed by atoms with van der Waals surface area (Å²) in [5, 5.41) is 9.92. The Morgan fingerprint density at radius 1 is 1.28 bits per heavy atom. The zero-order valence-corrected chi connectivity index (χ0v) is 10.8. The maximum absolute atomic E-state index is 9.92. The first-order valence-corrected chi connectivity index (χ1v) is 6.81. The summed E-state index contributed by atoms with van der Waals surface area (Å²) in [5.41, 5.74) is 1.15. The van der Waals surface area contributed by atoms with Gasteiger partial charge in [0.2, 0.25) is 0 Å². The zero-order chi connectivity index (χ0) is 12.6. The van der Waals surface area contributed by atoms with Gasteiger partial charge in [0.25, 0.3) is 0 Å². The molecule has 0 radical (unpaired) electrons. The van der Waals surface area contributed by atoms with E-state index in [0.29, 0.717) is 19.1 Å². The summed E-state index contributed by atoms with van der Waals surface area (Å²) in [6, 6.07) is 10.1. The van der Waals surface area contributed by atoms with E-state index in [1.807, 2.05) is 30.3 Å². The molecule has 0 spiro atoms. The number of ether oxygens (including phenoxy) is 1. The van der Waals surface area contributed by atoms with Crippen molar-refractivity contribution >= 4 is 0 Å². The van der Waals surface area contributed by atoms with E-state index in [2.05, 4.69) is 12.2 Å². The van der Waals surface area contributed by atoms with Crippen LogP contribution in [0.2, 0.25) is 0 Å². The first kappa shape index (κ1) is 13.3. The third-order valence-electron chi connectivity index (χ3n) is 3.35. The van der Waals surface area contributed by atoms with E-state index < -0.39 is 0 Å². The third-order valence-corrected chi connectivity index (χ3v) is 3.35. The number of aliphatic hydroxyl groups excluding tert-OH is 1. The van der Waals surface area contributed by atoms with Crippen LogP contribution in [0.4, 0.5) is 0 Å². The molecule has 0 fully saturated rings. The minimum absolute atomic E-state index is 0.346. The lowest BCUT2D eigenvalue weighted by Gasteiger charge is -2.19. The van der Waals surface area contributed by atoms with Crippen LogP contribution in [0.25, 0.3) is 0 Å². The topological polar surface area (TPSA) is 29.5 Å². The van der Waals surface area contributed by atoms with E-state index in [1.54, 1.807) is 0 Å². The van der Waals surface area contributed by atoms with Crippen LogP contribution in [-0.4, -0.2) is 17.8 Å². The minimum atomic E-state index is -0.346. The maximum Gasteiger partial charge on any atom is 0.0779 e. The largest absolute Gasteiger partial charge is 0.391 e. The van der Waals surface area contributed by atoms with E-state index in [9.17, 15) is 5.11 Å². The molecule has 1 N–H and O–H groups in total. The minimum Gasteiger partial charge on any atom is -0.391 e. The molecule has 1 aromatic rings. The number of benzene rings is 1. The van der Waals surface area contributed by atoms with Crippen molar-refractivity contribution < 1.29 is 9.84 Å². The van der Waals surface area contributed by atoms with Crippen molar-refractivity contribution in [3.63, 3.8) is 0 Å². The summed E-state index contributed by atoms with van der Waals surface area (Å²) < 4.78 is 5.55. The fraction of sp³-hybridized carbons (Fsp3) is 0.500. The summed E-state index contributed by atoms with van der Waals surface area (Å²) in [6.45, 7) is 1.01. The SMILES string of the molecule is OC(COCc1ccccc1)CC1C=CCCC1. The standard InChI is InChI=1S/C16H22O2/c17-16(11-14-7-3-1-4-8-14)13-18-12-15-9-5-2-6-10-15/h2-3,5-7,9-10,14,16-17H,1,4,8,11-13H2. The van der Waals surface area contributed by atoms with Crippen molar-refractivity contribution in [2.75, 3.05) is 6.61 Å². The Labute approximate surface area is 109 Å². The molecular weight excluding hydrogens is 224 g/mol. The highest BCUT2D eigenvalue weighted by Crippen LogP contribution is 2.21. The van der Waals surface area contributed by atoms with Gasteiger partial charge in [-0.1, -0.05) is 42.5 Å². The van der Waals surface area contributed by atoms with E-state index in [4.69, 9.17) is 4.74 Å². The highest BCUT2D eigenvalue weighted by molar-refractivity contribution is 5.13. The van der Waals surface area contributed by atoms with E-state index in [1.165, 1.54) is 19.3 Å². The first-order chi connectivity index (χ1) is 8.84. The Bertz CT molecular complexity index is 359. The molecule has 0 bridgehead atoms. The monoisotopic (exact) mass is 246 g/mol. The van der Waals surface area contributed by atoms with Crippen LogP contribution in [0.5, 0.6) is 0 Å². The Hall–Kier alpha value is -1.12. The predicted octanol–water partition coefficient (Wildman–Crippen LogP) is 3.31. The van der Waals surface area contributed by atoms with E-state index >= 15 is 0 Å². The molecule has 1 aliphatic carbocycles. The van der Waals surface area contributed by atoms with Crippen molar-refractivity contribution in [1.82, 2.24) is 0 Å². The second-order valence-corrected chi connectivity index (χ2v) is 5.01. The summed E-state index contributed by atoms with van der Waals surface area (Å²) >= 11 is 0. The second-order valence-electron chi connectivity index (χ2n) is 5.01. The average Bonchev–Trinajstić information content (AvgIpc) is 2.41. The molecule has 0 saturated heterocycles. The van der Waals surface area contributed by atoms with Gasteiger partial charge in [-0.2, -0.15) is 0 Å². The van der Waals surface area contributed by atoms with Crippen LogP contribution in [0, 0.1) is 5.92 Å². The van der Waals surface area contributed by atoms with Gasteiger partial charge in [0.1, 0.15) is 0 Å². The average molecular weight is 246 g/mol. The first-order valence-electron chi connectivity index (χ1n) is 6.81. The van der Waals surface area contributed by atoms with Crippen LogP contribution in [0.3, 0.4) is 0 Å². The van der Waals surface area contributed by atoms with Gasteiger partial charge in [0.15, 0.2) is 0 Å². The Morgan fingerprint density at radius 2 is 2.11 bits per heavy atom. The molecule has 2 unspecified atom stereocenters. The molecule has 0 heterocycles. The van der Waals surface area contributed by atoms with Crippen molar-refractivity contribution in [2.45, 2.75) is 38.4 Å². The lowest BCUT2D eigenvalue weighted by atomic mass is 9.91. The van der Waals surface area contributed by atoms with Gasteiger partial charge in [0.05, 0.1) is 19.3 Å². The predicted molar refractivity (Wildman–Crippen MR) is 73.2 cm³/mol. The van der Waals surface area contributed by atoms with Gasteiger partial charge >= 0.3 is 0 Å². The van der Waals surface area contributed by atoms with Gasteiger partial charge < -0.3 is 9.84 Å². The fourth-order valence-electron chi connectivity index (χ4n) is 2.38. The van der Waals surface area contributed by atoms with Crippen LogP contribution in [0.1, 0.15) is 31.2 Å². The normalized spacial score (nSPS) is 20.8. The molecule has 98 valence electrons. The lowest BCUT2D eigenvalue weighted by molar-refractivity contribution is 0.0186. The molecule has 1 aromatic carbocycles. The molecule has 2 atom stereocenters. The molecule has 0 saturated carbocycles. The Morgan fingerprint density at radius 3 is 2.83 bits per heavy atom. The molecule has 2 heteroatoms. The number of hydrogen-bond donors (Lipinski definition) is 1. The summed E-state index contributed by atoms with van der Waals surface area (Å²) in [7, 11) is 0. The molecule has 2 rings (SSSR count). The summed E-state index contributed by atoms with van der Waals surface area (Å²) in [5.74, 6) is 0.536. The van der Waals surface area contributed by atoms with Gasteiger partial charge in [-0.05, 0) is 37.2 Å². The Balaban J connectivity index is 1.64. The van der Waals surface area contributed by atoms with E-state index in [-0.39, 0.29) is 6.10 Å². The van der Waals surface area contributed by atoms with Crippen LogP contribution >= 0.6 is 0 Å². The number of aliphatic hydroxyl groups is 1. The zero-order valence-electron chi connectivity index (χ0n) is 10.8. The number of hydrogen-bond acceptors (Lipinski definition) is 2. The summed E-state index contributed by atoms with van der Waals surface area (Å²) in [4.78, 5) is 0. The van der Waals surface area contributed by atoms with Gasteiger partial charge in [0, 0.05) is 0 Å². The van der Waals surface area contributed by atoms with Gasteiger partial charge in [-0.25, -0.2) is 0 Å². The molecule has 0 aliphatic heterocycles. The third kappa shape index (κ3) is 4.63. The smallest absolute Gasteiger partial charge is 0.0779 e. The maximum atomic E-state index is 9.92. The lowest BCUT2D eigenvalue weighted by Crippen LogP contribution is -2.19. The van der Waals surface area contributed by atoms with Crippen LogP contribution < -0.4 is 0 Å².